The molecule has 2 aromatic rings. The number of carbonyl (C=O) groups excluding carboxylic acids is 2. The van der Waals surface area contributed by atoms with E-state index in [0.29, 0.717) is 13.1 Å². The molecule has 0 aromatic heterocycles. The molecule has 2 fully saturated rings. The lowest BCUT2D eigenvalue weighted by Crippen LogP contribution is -2.42. The smallest absolute Gasteiger partial charge is 0.256 e. The molecular formula is C24H27FN2O2. The highest BCUT2D eigenvalue weighted by molar-refractivity contribution is 5.95. The minimum atomic E-state index is -0.518. The van der Waals surface area contributed by atoms with Crippen molar-refractivity contribution >= 4 is 11.8 Å². The first-order chi connectivity index (χ1) is 14.0. The first-order valence-electron chi connectivity index (χ1n) is 10.4. The number of hydrogen-bond donors (Lipinski definition) is 0. The summed E-state index contributed by atoms with van der Waals surface area (Å²) in [6, 6.07) is 14.2. The third-order valence-electron chi connectivity index (χ3n) is 6.20. The molecule has 2 atom stereocenters. The maximum atomic E-state index is 14.2. The highest BCUT2D eigenvalue weighted by Crippen LogP contribution is 2.35. The van der Waals surface area contributed by atoms with Gasteiger partial charge in [0.15, 0.2) is 0 Å². The predicted molar refractivity (Wildman–Crippen MR) is 110 cm³/mol. The average Bonchev–Trinajstić information content (AvgIpc) is 3.19. The Kier molecular flexibility index (Phi) is 5.65. The van der Waals surface area contributed by atoms with Gasteiger partial charge >= 0.3 is 0 Å². The van der Waals surface area contributed by atoms with Gasteiger partial charge < -0.3 is 9.80 Å². The Morgan fingerprint density at radius 3 is 2.28 bits per heavy atom. The van der Waals surface area contributed by atoms with Crippen LogP contribution in [0.25, 0.3) is 0 Å². The molecule has 2 unspecified atom stereocenters. The molecular weight excluding hydrogens is 367 g/mol. The van der Waals surface area contributed by atoms with Gasteiger partial charge in [0, 0.05) is 32.1 Å². The Bertz CT molecular complexity index is 890. The van der Waals surface area contributed by atoms with E-state index in [4.69, 9.17) is 0 Å². The SMILES string of the molecule is Cc1ccc(C2CN(C(=O)c3ccccc3F)CC2C(=O)N2CCCCC2)cc1. The van der Waals surface area contributed by atoms with Gasteiger partial charge in [-0.15, -0.1) is 0 Å². The third-order valence-corrected chi connectivity index (χ3v) is 6.20. The number of piperidine rings is 1. The fourth-order valence-corrected chi connectivity index (χ4v) is 4.53. The number of benzene rings is 2. The first-order valence-corrected chi connectivity index (χ1v) is 10.4. The van der Waals surface area contributed by atoms with Crippen LogP contribution in [0.1, 0.15) is 46.7 Å². The Morgan fingerprint density at radius 2 is 1.59 bits per heavy atom. The van der Waals surface area contributed by atoms with Crippen molar-refractivity contribution in [1.82, 2.24) is 9.80 Å². The van der Waals surface area contributed by atoms with E-state index in [2.05, 4.69) is 0 Å². The van der Waals surface area contributed by atoms with Crippen molar-refractivity contribution in [3.8, 4) is 0 Å². The lowest BCUT2D eigenvalue weighted by Gasteiger charge is -2.31. The van der Waals surface area contributed by atoms with Crippen molar-refractivity contribution in [3.05, 3.63) is 71.0 Å². The van der Waals surface area contributed by atoms with Crippen LogP contribution in [0.4, 0.5) is 4.39 Å². The zero-order valence-electron chi connectivity index (χ0n) is 16.8. The van der Waals surface area contributed by atoms with Crippen LogP contribution >= 0.6 is 0 Å². The summed E-state index contributed by atoms with van der Waals surface area (Å²) >= 11 is 0. The molecule has 0 spiro atoms. The molecule has 0 N–H and O–H groups in total. The van der Waals surface area contributed by atoms with Gasteiger partial charge in [0.05, 0.1) is 11.5 Å². The van der Waals surface area contributed by atoms with Gasteiger partial charge in [-0.05, 0) is 43.9 Å². The van der Waals surface area contributed by atoms with E-state index in [1.165, 1.54) is 12.1 Å². The van der Waals surface area contributed by atoms with E-state index in [1.54, 1.807) is 17.0 Å². The standard InChI is InChI=1S/C24H27FN2O2/c1-17-9-11-18(12-10-17)20-15-27(23(28)19-7-3-4-8-22(19)25)16-21(20)24(29)26-13-5-2-6-14-26/h3-4,7-12,20-21H,2,5-6,13-16H2,1H3. The number of halogens is 1. The molecule has 4 rings (SSSR count). The Balaban J connectivity index is 1.61. The molecule has 152 valence electrons. The fourth-order valence-electron chi connectivity index (χ4n) is 4.53. The number of hydrogen-bond acceptors (Lipinski definition) is 2. The zero-order chi connectivity index (χ0) is 20.4. The molecule has 2 amide bonds. The number of rotatable bonds is 3. The van der Waals surface area contributed by atoms with Crippen molar-refractivity contribution in [1.29, 1.82) is 0 Å². The molecule has 2 heterocycles. The van der Waals surface area contributed by atoms with Crippen molar-refractivity contribution in [2.45, 2.75) is 32.1 Å². The Morgan fingerprint density at radius 1 is 0.897 bits per heavy atom. The number of amides is 2. The molecule has 2 aliphatic rings. The Labute approximate surface area is 171 Å². The monoisotopic (exact) mass is 394 g/mol. The minimum Gasteiger partial charge on any atom is -0.342 e. The van der Waals surface area contributed by atoms with Crippen molar-refractivity contribution in [3.63, 3.8) is 0 Å². The van der Waals surface area contributed by atoms with E-state index in [-0.39, 0.29) is 29.2 Å². The van der Waals surface area contributed by atoms with Gasteiger partial charge in [-0.3, -0.25) is 9.59 Å². The summed E-state index contributed by atoms with van der Waals surface area (Å²) in [5.74, 6) is -1.09. The van der Waals surface area contributed by atoms with Gasteiger partial charge in [0.25, 0.3) is 5.91 Å². The van der Waals surface area contributed by atoms with Crippen molar-refractivity contribution < 1.29 is 14.0 Å². The number of likely N-dealkylation sites (tertiary alicyclic amines) is 2. The van der Waals surface area contributed by atoms with Crippen LogP contribution in [0.2, 0.25) is 0 Å². The molecule has 5 heteroatoms. The summed E-state index contributed by atoms with van der Waals surface area (Å²) in [6.45, 7) is 4.37. The van der Waals surface area contributed by atoms with Crippen molar-refractivity contribution in [2.24, 2.45) is 5.92 Å². The average molecular weight is 394 g/mol. The lowest BCUT2D eigenvalue weighted by molar-refractivity contribution is -0.136. The van der Waals surface area contributed by atoms with Crippen LogP contribution in [0, 0.1) is 18.7 Å². The van der Waals surface area contributed by atoms with Crippen LogP contribution in [0.15, 0.2) is 48.5 Å². The maximum absolute atomic E-state index is 14.2. The highest BCUT2D eigenvalue weighted by Gasteiger charge is 2.42. The summed E-state index contributed by atoms with van der Waals surface area (Å²) in [7, 11) is 0. The third kappa shape index (κ3) is 4.04. The quantitative estimate of drug-likeness (QED) is 0.789. The van der Waals surface area contributed by atoms with E-state index in [1.807, 2.05) is 36.1 Å². The molecule has 0 saturated carbocycles. The summed E-state index contributed by atoms with van der Waals surface area (Å²) in [6.07, 6.45) is 3.23. The predicted octanol–water partition coefficient (Wildman–Crippen LogP) is 4.00. The van der Waals surface area contributed by atoms with Gasteiger partial charge in [-0.2, -0.15) is 0 Å². The lowest BCUT2D eigenvalue weighted by atomic mass is 9.87. The minimum absolute atomic E-state index is 0.0688. The second kappa shape index (κ2) is 8.36. The summed E-state index contributed by atoms with van der Waals surface area (Å²) in [5.41, 5.74) is 2.29. The zero-order valence-corrected chi connectivity index (χ0v) is 16.8. The number of carbonyl (C=O) groups is 2. The van der Waals surface area contributed by atoms with Gasteiger partial charge in [0.1, 0.15) is 5.82 Å². The molecule has 29 heavy (non-hydrogen) atoms. The van der Waals surface area contributed by atoms with Crippen LogP contribution in [0.5, 0.6) is 0 Å². The molecule has 0 radical (unpaired) electrons. The van der Waals surface area contributed by atoms with E-state index < -0.39 is 5.82 Å². The van der Waals surface area contributed by atoms with E-state index >= 15 is 0 Å². The fraction of sp³-hybridized carbons (Fsp3) is 0.417. The number of aryl methyl sites for hydroxylation is 1. The summed E-state index contributed by atoms with van der Waals surface area (Å²) in [4.78, 5) is 29.9. The van der Waals surface area contributed by atoms with Crippen molar-refractivity contribution in [2.75, 3.05) is 26.2 Å². The molecule has 0 aliphatic carbocycles. The highest BCUT2D eigenvalue weighted by atomic mass is 19.1. The second-order valence-corrected chi connectivity index (χ2v) is 8.20. The van der Waals surface area contributed by atoms with E-state index in [0.717, 1.165) is 43.5 Å². The molecule has 2 aromatic carbocycles. The molecule has 2 aliphatic heterocycles. The van der Waals surface area contributed by atoms with Crippen LogP contribution in [0.3, 0.4) is 0 Å². The maximum Gasteiger partial charge on any atom is 0.256 e. The van der Waals surface area contributed by atoms with Gasteiger partial charge in [-0.25, -0.2) is 4.39 Å². The summed E-state index contributed by atoms with van der Waals surface area (Å²) < 4.78 is 14.2. The normalized spacial score (nSPS) is 22.0. The molecule has 4 nitrogen and oxygen atoms in total. The number of nitrogens with zero attached hydrogens (tertiary/aromatic N) is 2. The topological polar surface area (TPSA) is 40.6 Å². The summed E-state index contributed by atoms with van der Waals surface area (Å²) in [5, 5.41) is 0. The Hall–Kier alpha value is -2.69. The van der Waals surface area contributed by atoms with Crippen LogP contribution in [-0.4, -0.2) is 47.8 Å². The molecule has 0 bridgehead atoms. The van der Waals surface area contributed by atoms with Gasteiger partial charge in [-0.1, -0.05) is 42.0 Å². The largest absolute Gasteiger partial charge is 0.342 e. The van der Waals surface area contributed by atoms with Crippen LogP contribution < -0.4 is 0 Å². The second-order valence-electron chi connectivity index (χ2n) is 8.20. The molecule has 2 saturated heterocycles. The first kappa shape index (κ1) is 19.6. The van der Waals surface area contributed by atoms with Crippen LogP contribution in [-0.2, 0) is 4.79 Å². The van der Waals surface area contributed by atoms with E-state index in [9.17, 15) is 14.0 Å². The van der Waals surface area contributed by atoms with Gasteiger partial charge in [0.2, 0.25) is 5.91 Å².